The Morgan fingerprint density at radius 2 is 2.00 bits per heavy atom. The molecule has 1 N–H and O–H groups in total. The van der Waals surface area contributed by atoms with Gasteiger partial charge in [-0.25, -0.2) is 8.78 Å². The highest BCUT2D eigenvalue weighted by Gasteiger charge is 2.45. The summed E-state index contributed by atoms with van der Waals surface area (Å²) in [4.78, 5) is 0. The lowest BCUT2D eigenvalue weighted by molar-refractivity contribution is -0.206. The van der Waals surface area contributed by atoms with Crippen molar-refractivity contribution in [2.75, 3.05) is 13.2 Å². The first kappa shape index (κ1) is 11.3. The van der Waals surface area contributed by atoms with E-state index in [2.05, 4.69) is 12.2 Å². The van der Waals surface area contributed by atoms with E-state index in [-0.39, 0.29) is 6.54 Å². The summed E-state index contributed by atoms with van der Waals surface area (Å²) < 4.78 is 31.1. The molecule has 1 aliphatic carbocycles. The fourth-order valence-electron chi connectivity index (χ4n) is 2.51. The van der Waals surface area contributed by atoms with Gasteiger partial charge in [-0.1, -0.05) is 13.3 Å². The molecule has 1 saturated carbocycles. The van der Waals surface area contributed by atoms with Crippen molar-refractivity contribution in [1.82, 2.24) is 5.32 Å². The van der Waals surface area contributed by atoms with Gasteiger partial charge in [0.05, 0.1) is 6.54 Å². The zero-order chi connectivity index (χ0) is 10.9. The lowest BCUT2D eigenvalue weighted by Crippen LogP contribution is -2.60. The van der Waals surface area contributed by atoms with Crippen molar-refractivity contribution in [1.29, 1.82) is 0 Å². The molecule has 2 rings (SSSR count). The third-order valence-electron chi connectivity index (χ3n) is 3.72. The lowest BCUT2D eigenvalue weighted by Gasteiger charge is -2.45. The van der Waals surface area contributed by atoms with Crippen molar-refractivity contribution in [2.45, 2.75) is 50.7 Å². The van der Waals surface area contributed by atoms with Gasteiger partial charge in [0.2, 0.25) is 0 Å². The van der Waals surface area contributed by atoms with Gasteiger partial charge in [-0.2, -0.15) is 0 Å². The number of alkyl halides is 2. The molecule has 15 heavy (non-hydrogen) atoms. The predicted molar refractivity (Wildman–Crippen MR) is 53.9 cm³/mol. The Morgan fingerprint density at radius 3 is 2.47 bits per heavy atom. The molecule has 1 spiro atoms. The molecule has 2 fully saturated rings. The van der Waals surface area contributed by atoms with Crippen molar-refractivity contribution in [2.24, 2.45) is 5.92 Å². The molecule has 0 unspecified atom stereocenters. The Bertz CT molecular complexity index is 213. The number of rotatable bonds is 1. The van der Waals surface area contributed by atoms with Gasteiger partial charge in [0.25, 0.3) is 5.92 Å². The largest absolute Gasteiger partial charge is 0.354 e. The van der Waals surface area contributed by atoms with Gasteiger partial charge >= 0.3 is 0 Å². The lowest BCUT2D eigenvalue weighted by atomic mass is 9.81. The highest BCUT2D eigenvalue weighted by Crippen LogP contribution is 2.37. The summed E-state index contributed by atoms with van der Waals surface area (Å²) in [5.41, 5.74) is -0.437. The normalized spacial score (nSPS) is 40.6. The molecule has 88 valence electrons. The van der Waals surface area contributed by atoms with Crippen molar-refractivity contribution in [3.05, 3.63) is 0 Å². The summed E-state index contributed by atoms with van der Waals surface area (Å²) in [6.07, 6.45) is 5.12. The van der Waals surface area contributed by atoms with Crippen LogP contribution in [-0.2, 0) is 4.74 Å². The van der Waals surface area contributed by atoms with Gasteiger partial charge in [-0.15, -0.1) is 0 Å². The van der Waals surface area contributed by atoms with E-state index in [0.717, 1.165) is 31.6 Å². The van der Waals surface area contributed by atoms with E-state index in [1.165, 1.54) is 6.42 Å². The van der Waals surface area contributed by atoms with Crippen molar-refractivity contribution >= 4 is 0 Å². The Morgan fingerprint density at radius 1 is 1.33 bits per heavy atom. The summed E-state index contributed by atoms with van der Waals surface area (Å²) in [7, 11) is 0. The van der Waals surface area contributed by atoms with Gasteiger partial charge in [0, 0.05) is 0 Å². The summed E-state index contributed by atoms with van der Waals surface area (Å²) in [6.45, 7) is 1.53. The van der Waals surface area contributed by atoms with Crippen LogP contribution in [0.2, 0.25) is 0 Å². The average Bonchev–Trinajstić information content (AvgIpc) is 2.24. The second-order valence-electron chi connectivity index (χ2n) is 4.84. The SMILES string of the molecule is CCC1CCC2(CC1)NCC(F)(F)CO2. The summed E-state index contributed by atoms with van der Waals surface area (Å²) >= 11 is 0. The quantitative estimate of drug-likeness (QED) is 0.731. The summed E-state index contributed by atoms with van der Waals surface area (Å²) in [6, 6.07) is 0. The number of hydrogen-bond donors (Lipinski definition) is 1. The summed E-state index contributed by atoms with van der Waals surface area (Å²) in [5, 5.41) is 2.90. The van der Waals surface area contributed by atoms with Crippen molar-refractivity contribution < 1.29 is 13.5 Å². The van der Waals surface area contributed by atoms with Gasteiger partial charge in [0.15, 0.2) is 0 Å². The maximum absolute atomic E-state index is 12.9. The van der Waals surface area contributed by atoms with E-state index < -0.39 is 18.3 Å². The minimum absolute atomic E-state index is 0.232. The van der Waals surface area contributed by atoms with Crippen LogP contribution < -0.4 is 5.32 Å². The minimum Gasteiger partial charge on any atom is -0.354 e. The zero-order valence-corrected chi connectivity index (χ0v) is 9.19. The van der Waals surface area contributed by atoms with Crippen molar-refractivity contribution in [3.8, 4) is 0 Å². The van der Waals surface area contributed by atoms with Gasteiger partial charge in [-0.3, -0.25) is 5.32 Å². The van der Waals surface area contributed by atoms with Crippen LogP contribution in [0.5, 0.6) is 0 Å². The van der Waals surface area contributed by atoms with Crippen LogP contribution in [0.15, 0.2) is 0 Å². The van der Waals surface area contributed by atoms with E-state index >= 15 is 0 Å². The molecule has 1 aliphatic heterocycles. The van der Waals surface area contributed by atoms with Crippen LogP contribution in [0.3, 0.4) is 0 Å². The van der Waals surface area contributed by atoms with E-state index in [4.69, 9.17) is 4.74 Å². The Balaban J connectivity index is 1.89. The van der Waals surface area contributed by atoms with Crippen LogP contribution in [-0.4, -0.2) is 24.8 Å². The number of nitrogens with one attached hydrogen (secondary N) is 1. The molecule has 0 aromatic rings. The van der Waals surface area contributed by atoms with Gasteiger partial charge in [0.1, 0.15) is 12.3 Å². The molecule has 0 amide bonds. The monoisotopic (exact) mass is 219 g/mol. The highest BCUT2D eigenvalue weighted by atomic mass is 19.3. The third-order valence-corrected chi connectivity index (χ3v) is 3.72. The smallest absolute Gasteiger partial charge is 0.283 e. The fourth-order valence-corrected chi connectivity index (χ4v) is 2.51. The van der Waals surface area contributed by atoms with Crippen LogP contribution in [0.1, 0.15) is 39.0 Å². The number of ether oxygens (including phenoxy) is 1. The van der Waals surface area contributed by atoms with Crippen LogP contribution in [0, 0.1) is 5.92 Å². The molecular formula is C11H19F2NO. The zero-order valence-electron chi connectivity index (χ0n) is 9.19. The molecule has 1 saturated heterocycles. The second-order valence-corrected chi connectivity index (χ2v) is 4.84. The highest BCUT2D eigenvalue weighted by molar-refractivity contribution is 4.90. The van der Waals surface area contributed by atoms with Gasteiger partial charge in [-0.05, 0) is 31.6 Å². The van der Waals surface area contributed by atoms with Crippen molar-refractivity contribution in [3.63, 3.8) is 0 Å². The van der Waals surface area contributed by atoms with Crippen LogP contribution >= 0.6 is 0 Å². The van der Waals surface area contributed by atoms with E-state index in [0.29, 0.717) is 0 Å². The van der Waals surface area contributed by atoms with Crippen LogP contribution in [0.4, 0.5) is 8.78 Å². The molecule has 0 radical (unpaired) electrons. The molecule has 0 aromatic carbocycles. The number of hydrogen-bond acceptors (Lipinski definition) is 2. The van der Waals surface area contributed by atoms with E-state index in [1.807, 2.05) is 0 Å². The van der Waals surface area contributed by atoms with Gasteiger partial charge < -0.3 is 4.74 Å². The molecule has 1 heterocycles. The third kappa shape index (κ3) is 2.48. The first-order valence-corrected chi connectivity index (χ1v) is 5.82. The standard InChI is InChI=1S/C11H19F2NO/c1-2-9-3-5-11(6-4-9)14-7-10(12,13)8-15-11/h9,14H,2-8H2,1H3. The first-order valence-electron chi connectivity index (χ1n) is 5.82. The maximum Gasteiger partial charge on any atom is 0.283 e. The molecular weight excluding hydrogens is 200 g/mol. The molecule has 0 atom stereocenters. The fraction of sp³-hybridized carbons (Fsp3) is 1.00. The Labute approximate surface area is 89.4 Å². The summed E-state index contributed by atoms with van der Waals surface area (Å²) in [5.74, 6) is -1.93. The average molecular weight is 219 g/mol. The van der Waals surface area contributed by atoms with E-state index in [9.17, 15) is 8.78 Å². The molecule has 4 heteroatoms. The Kier molecular flexibility index (Phi) is 2.99. The first-order chi connectivity index (χ1) is 7.05. The molecule has 2 aliphatic rings. The number of halogens is 2. The predicted octanol–water partition coefficient (Wildman–Crippen LogP) is 2.54. The Hall–Kier alpha value is -0.220. The second kappa shape index (κ2) is 3.98. The minimum atomic E-state index is -2.69. The molecule has 2 nitrogen and oxygen atoms in total. The molecule has 0 bridgehead atoms. The van der Waals surface area contributed by atoms with E-state index in [1.54, 1.807) is 0 Å². The van der Waals surface area contributed by atoms with Crippen LogP contribution in [0.25, 0.3) is 0 Å². The topological polar surface area (TPSA) is 21.3 Å². The molecule has 0 aromatic heterocycles. The maximum atomic E-state index is 12.9.